The highest BCUT2D eigenvalue weighted by atomic mass is 16.5. The maximum Gasteiger partial charge on any atom is 0.340 e. The van der Waals surface area contributed by atoms with Gasteiger partial charge in [-0.1, -0.05) is 12.1 Å². The van der Waals surface area contributed by atoms with Crippen LogP contribution in [0.5, 0.6) is 0 Å². The molecule has 6 heteroatoms. The van der Waals surface area contributed by atoms with Gasteiger partial charge >= 0.3 is 5.97 Å². The fourth-order valence-electron chi connectivity index (χ4n) is 1.97. The van der Waals surface area contributed by atoms with Gasteiger partial charge in [0.15, 0.2) is 11.5 Å². The number of ether oxygens (including phenoxy) is 1. The topological polar surface area (TPSA) is 88.3 Å². The standard InChI is InChI=1S/C15H16N2O4/c1-2-21-15(20)10-6-3-4-7-11(10)16-17-14-12(18)8-5-9-13(14)19/h3-4,6-7,18H,2,5,8-9H2,1H3. The minimum absolute atomic E-state index is 0.0279. The minimum atomic E-state index is -0.500. The molecule has 1 aromatic carbocycles. The fraction of sp³-hybridized carbons (Fsp3) is 0.333. The molecule has 0 heterocycles. The van der Waals surface area contributed by atoms with Crippen molar-refractivity contribution in [2.24, 2.45) is 10.2 Å². The first kappa shape index (κ1) is 14.9. The highest BCUT2D eigenvalue weighted by Crippen LogP contribution is 2.25. The monoisotopic (exact) mass is 288 g/mol. The van der Waals surface area contributed by atoms with Crippen LogP contribution in [0.1, 0.15) is 36.5 Å². The molecule has 1 aromatic rings. The molecule has 1 aliphatic carbocycles. The lowest BCUT2D eigenvalue weighted by atomic mass is 10.0. The van der Waals surface area contributed by atoms with Crippen LogP contribution < -0.4 is 0 Å². The largest absolute Gasteiger partial charge is 0.510 e. The average molecular weight is 288 g/mol. The number of carbonyl (C=O) groups is 2. The second-order valence-corrected chi connectivity index (χ2v) is 4.51. The number of rotatable bonds is 4. The van der Waals surface area contributed by atoms with Gasteiger partial charge in [-0.15, -0.1) is 10.2 Å². The predicted octanol–water partition coefficient (Wildman–Crippen LogP) is 3.47. The summed E-state index contributed by atoms with van der Waals surface area (Å²) in [6.45, 7) is 1.97. The van der Waals surface area contributed by atoms with Crippen LogP contribution in [0.2, 0.25) is 0 Å². The number of esters is 1. The van der Waals surface area contributed by atoms with Crippen LogP contribution in [0.25, 0.3) is 0 Å². The van der Waals surface area contributed by atoms with Gasteiger partial charge in [-0.05, 0) is 25.5 Å². The molecule has 0 spiro atoms. The third-order valence-electron chi connectivity index (χ3n) is 3.01. The van der Waals surface area contributed by atoms with Crippen LogP contribution in [-0.4, -0.2) is 23.5 Å². The molecule has 0 bridgehead atoms. The zero-order valence-corrected chi connectivity index (χ0v) is 11.7. The van der Waals surface area contributed by atoms with Crippen LogP contribution in [0.15, 0.2) is 46.0 Å². The maximum atomic E-state index is 11.8. The van der Waals surface area contributed by atoms with E-state index in [9.17, 15) is 14.7 Å². The molecule has 110 valence electrons. The van der Waals surface area contributed by atoms with Crippen LogP contribution in [-0.2, 0) is 9.53 Å². The number of aliphatic hydroxyl groups is 1. The summed E-state index contributed by atoms with van der Waals surface area (Å²) in [6.07, 6.45) is 1.38. The van der Waals surface area contributed by atoms with Gasteiger partial charge in [0.2, 0.25) is 0 Å². The molecule has 0 aliphatic heterocycles. The van der Waals surface area contributed by atoms with Gasteiger partial charge in [0.25, 0.3) is 0 Å². The Hall–Kier alpha value is -2.50. The van der Waals surface area contributed by atoms with E-state index in [0.717, 1.165) is 0 Å². The van der Waals surface area contributed by atoms with E-state index in [-0.39, 0.29) is 29.4 Å². The summed E-state index contributed by atoms with van der Waals surface area (Å²) < 4.78 is 4.93. The number of carbonyl (C=O) groups excluding carboxylic acids is 2. The van der Waals surface area contributed by atoms with Crippen LogP contribution in [0, 0.1) is 0 Å². The van der Waals surface area contributed by atoms with Crippen molar-refractivity contribution in [3.05, 3.63) is 41.3 Å². The first-order chi connectivity index (χ1) is 10.1. The van der Waals surface area contributed by atoms with E-state index in [4.69, 9.17) is 4.74 Å². The summed E-state index contributed by atoms with van der Waals surface area (Å²) in [7, 11) is 0. The molecule has 1 N–H and O–H groups in total. The number of benzene rings is 1. The van der Waals surface area contributed by atoms with Crippen molar-refractivity contribution in [1.82, 2.24) is 0 Å². The highest BCUT2D eigenvalue weighted by Gasteiger charge is 2.20. The Kier molecular flexibility index (Phi) is 4.81. The van der Waals surface area contributed by atoms with Crippen molar-refractivity contribution < 1.29 is 19.4 Å². The molecular weight excluding hydrogens is 272 g/mol. The van der Waals surface area contributed by atoms with Crippen LogP contribution in [0.4, 0.5) is 5.69 Å². The van der Waals surface area contributed by atoms with Crippen molar-refractivity contribution in [3.8, 4) is 0 Å². The average Bonchev–Trinajstić information content (AvgIpc) is 2.47. The molecule has 0 saturated carbocycles. The lowest BCUT2D eigenvalue weighted by Gasteiger charge is -2.10. The summed E-state index contributed by atoms with van der Waals surface area (Å²) >= 11 is 0. The molecule has 21 heavy (non-hydrogen) atoms. The van der Waals surface area contributed by atoms with Crippen molar-refractivity contribution in [2.75, 3.05) is 6.61 Å². The number of azo groups is 1. The zero-order valence-electron chi connectivity index (χ0n) is 11.7. The third kappa shape index (κ3) is 3.53. The molecule has 0 unspecified atom stereocenters. The molecular formula is C15H16N2O4. The number of hydrogen-bond donors (Lipinski definition) is 1. The molecule has 1 aliphatic rings. The molecule has 0 amide bonds. The second kappa shape index (κ2) is 6.78. The summed E-state index contributed by atoms with van der Waals surface area (Å²) in [5.74, 6) is -0.792. The summed E-state index contributed by atoms with van der Waals surface area (Å²) in [5, 5.41) is 17.4. The van der Waals surface area contributed by atoms with Crippen molar-refractivity contribution in [3.63, 3.8) is 0 Å². The van der Waals surface area contributed by atoms with E-state index in [0.29, 0.717) is 24.9 Å². The van der Waals surface area contributed by atoms with Crippen LogP contribution >= 0.6 is 0 Å². The Bertz CT molecular complexity index is 620. The molecule has 6 nitrogen and oxygen atoms in total. The van der Waals surface area contributed by atoms with Crippen LogP contribution in [0.3, 0.4) is 0 Å². The molecule has 0 radical (unpaired) electrons. The molecule has 0 atom stereocenters. The minimum Gasteiger partial charge on any atom is -0.510 e. The second-order valence-electron chi connectivity index (χ2n) is 4.51. The Labute approximate surface area is 122 Å². The Morgan fingerprint density at radius 3 is 2.76 bits per heavy atom. The molecule has 2 rings (SSSR count). The van der Waals surface area contributed by atoms with E-state index in [2.05, 4.69) is 10.2 Å². The summed E-state index contributed by atoms with van der Waals surface area (Å²) in [5.41, 5.74) is 0.543. The van der Waals surface area contributed by atoms with E-state index < -0.39 is 5.97 Å². The lowest BCUT2D eigenvalue weighted by molar-refractivity contribution is -0.116. The number of ketones is 1. The molecule has 0 saturated heterocycles. The van der Waals surface area contributed by atoms with Gasteiger partial charge in [0.05, 0.1) is 12.2 Å². The number of Topliss-reactive ketones (excluding diaryl/α,β-unsaturated/α-hetero) is 1. The first-order valence-corrected chi connectivity index (χ1v) is 6.76. The van der Waals surface area contributed by atoms with Gasteiger partial charge in [0.1, 0.15) is 11.4 Å². The highest BCUT2D eigenvalue weighted by molar-refractivity contribution is 5.96. The van der Waals surface area contributed by atoms with E-state index in [1.165, 1.54) is 0 Å². The van der Waals surface area contributed by atoms with Gasteiger partial charge < -0.3 is 9.84 Å². The predicted molar refractivity (Wildman–Crippen MR) is 75.4 cm³/mol. The Morgan fingerprint density at radius 1 is 1.29 bits per heavy atom. The van der Waals surface area contributed by atoms with Gasteiger partial charge in [-0.2, -0.15) is 0 Å². The summed E-state index contributed by atoms with van der Waals surface area (Å²) in [4.78, 5) is 23.5. The third-order valence-corrected chi connectivity index (χ3v) is 3.01. The van der Waals surface area contributed by atoms with Gasteiger partial charge in [-0.25, -0.2) is 4.79 Å². The number of allylic oxidation sites excluding steroid dienone is 2. The fourth-order valence-corrected chi connectivity index (χ4v) is 1.97. The smallest absolute Gasteiger partial charge is 0.340 e. The van der Waals surface area contributed by atoms with E-state index >= 15 is 0 Å². The number of aliphatic hydroxyl groups excluding tert-OH is 1. The Balaban J connectivity index is 2.29. The maximum absolute atomic E-state index is 11.8. The first-order valence-electron chi connectivity index (χ1n) is 6.76. The lowest BCUT2D eigenvalue weighted by Crippen LogP contribution is -2.09. The van der Waals surface area contributed by atoms with E-state index in [1.54, 1.807) is 31.2 Å². The normalized spacial score (nSPS) is 15.6. The van der Waals surface area contributed by atoms with Crippen molar-refractivity contribution in [1.29, 1.82) is 0 Å². The molecule has 0 fully saturated rings. The Morgan fingerprint density at radius 2 is 2.05 bits per heavy atom. The number of nitrogens with zero attached hydrogens (tertiary/aromatic N) is 2. The van der Waals surface area contributed by atoms with Crippen molar-refractivity contribution in [2.45, 2.75) is 26.2 Å². The SMILES string of the molecule is CCOC(=O)c1ccccc1N=NC1=C(O)CCCC1=O. The van der Waals surface area contributed by atoms with Crippen molar-refractivity contribution >= 4 is 17.4 Å². The van der Waals surface area contributed by atoms with Gasteiger partial charge in [-0.3, -0.25) is 4.79 Å². The molecule has 0 aromatic heterocycles. The summed E-state index contributed by atoms with van der Waals surface area (Å²) in [6, 6.07) is 6.56. The zero-order chi connectivity index (χ0) is 15.2. The quantitative estimate of drug-likeness (QED) is 0.678. The van der Waals surface area contributed by atoms with Gasteiger partial charge in [0, 0.05) is 12.8 Å². The number of hydrogen-bond acceptors (Lipinski definition) is 6. The van der Waals surface area contributed by atoms with E-state index in [1.807, 2.05) is 0 Å².